The predicted molar refractivity (Wildman–Crippen MR) is 123 cm³/mol. The normalized spacial score (nSPS) is 10.9. The van der Waals surface area contributed by atoms with E-state index >= 15 is 0 Å². The zero-order valence-electron chi connectivity index (χ0n) is 18.1. The predicted octanol–water partition coefficient (Wildman–Crippen LogP) is 5.74. The summed E-state index contributed by atoms with van der Waals surface area (Å²) in [6.07, 6.45) is 2.77. The van der Waals surface area contributed by atoms with Gasteiger partial charge >= 0.3 is 5.97 Å². The van der Waals surface area contributed by atoms with Crippen LogP contribution in [0.5, 0.6) is 5.75 Å². The molecule has 3 aromatic carbocycles. The lowest BCUT2D eigenvalue weighted by molar-refractivity contribution is -0.134. The van der Waals surface area contributed by atoms with Gasteiger partial charge in [-0.2, -0.15) is 4.98 Å². The molecule has 0 atom stereocenters. The van der Waals surface area contributed by atoms with Crippen LogP contribution in [0.1, 0.15) is 54.1 Å². The van der Waals surface area contributed by atoms with E-state index in [2.05, 4.69) is 29.4 Å². The van der Waals surface area contributed by atoms with Crippen molar-refractivity contribution in [1.82, 2.24) is 10.1 Å². The van der Waals surface area contributed by atoms with E-state index in [4.69, 9.17) is 14.2 Å². The molecule has 0 bridgehead atoms. The molecule has 5 heteroatoms. The highest BCUT2D eigenvalue weighted by Gasteiger charge is 2.22. The van der Waals surface area contributed by atoms with Gasteiger partial charge in [0.05, 0.1) is 5.92 Å². The van der Waals surface area contributed by atoms with Crippen molar-refractivity contribution in [1.29, 1.82) is 0 Å². The molecule has 5 nitrogen and oxygen atoms in total. The van der Waals surface area contributed by atoms with Crippen LogP contribution >= 0.6 is 0 Å². The highest BCUT2D eigenvalue weighted by atomic mass is 16.5. The second-order valence-electron chi connectivity index (χ2n) is 7.63. The summed E-state index contributed by atoms with van der Waals surface area (Å²) in [7, 11) is 0. The van der Waals surface area contributed by atoms with Crippen LogP contribution in [0.15, 0.2) is 89.5 Å². The Morgan fingerprint density at radius 2 is 1.59 bits per heavy atom. The van der Waals surface area contributed by atoms with Gasteiger partial charge in [0.1, 0.15) is 5.75 Å². The molecular weight excluding hydrogens is 400 g/mol. The molecule has 0 radical (unpaired) electrons. The Labute approximate surface area is 188 Å². The maximum absolute atomic E-state index is 11.5. The fourth-order valence-corrected chi connectivity index (χ4v) is 3.67. The van der Waals surface area contributed by atoms with Crippen LogP contribution in [0.4, 0.5) is 0 Å². The third-order valence-corrected chi connectivity index (χ3v) is 5.28. The molecule has 0 aliphatic carbocycles. The molecule has 0 spiro atoms. The molecule has 1 aromatic heterocycles. The summed E-state index contributed by atoms with van der Waals surface area (Å²) >= 11 is 0. The number of hydrogen-bond acceptors (Lipinski definition) is 5. The molecule has 0 saturated heterocycles. The first-order valence-electron chi connectivity index (χ1n) is 10.9. The summed E-state index contributed by atoms with van der Waals surface area (Å²) in [5, 5.41) is 4.23. The standard InChI is InChI=1S/C27H26N2O3/c1-2-25(30)31-23-17-9-11-20(19-23)12-10-18-24-28-27(32-29-24)26(21-13-5-3-6-14-21)22-15-7-4-8-16-22/h3-9,11,13-17,19,26H,2,10,12,18H2,1H3. The van der Waals surface area contributed by atoms with E-state index in [0.29, 0.717) is 30.3 Å². The summed E-state index contributed by atoms with van der Waals surface area (Å²) < 4.78 is 11.0. The van der Waals surface area contributed by atoms with Gasteiger partial charge in [-0.1, -0.05) is 84.9 Å². The second kappa shape index (κ2) is 10.5. The number of nitrogens with zero attached hydrogens (tertiary/aromatic N) is 2. The van der Waals surface area contributed by atoms with Crippen LogP contribution in [-0.2, 0) is 17.6 Å². The Balaban J connectivity index is 1.43. The monoisotopic (exact) mass is 426 g/mol. The summed E-state index contributed by atoms with van der Waals surface area (Å²) in [6, 6.07) is 28.1. The van der Waals surface area contributed by atoms with E-state index < -0.39 is 0 Å². The average molecular weight is 427 g/mol. The minimum Gasteiger partial charge on any atom is -0.427 e. The summed E-state index contributed by atoms with van der Waals surface area (Å²) in [6.45, 7) is 1.78. The number of hydrogen-bond donors (Lipinski definition) is 0. The minimum atomic E-state index is -0.229. The van der Waals surface area contributed by atoms with Crippen LogP contribution in [0.2, 0.25) is 0 Å². The summed E-state index contributed by atoms with van der Waals surface area (Å²) in [5.41, 5.74) is 3.35. The first kappa shape index (κ1) is 21.5. The molecule has 0 aliphatic rings. The number of aromatic nitrogens is 2. The van der Waals surface area contributed by atoms with Crippen molar-refractivity contribution in [3.05, 3.63) is 113 Å². The van der Waals surface area contributed by atoms with Gasteiger partial charge in [-0.3, -0.25) is 4.79 Å². The van der Waals surface area contributed by atoms with E-state index in [-0.39, 0.29) is 11.9 Å². The smallest absolute Gasteiger partial charge is 0.310 e. The number of ether oxygens (including phenoxy) is 1. The van der Waals surface area contributed by atoms with Gasteiger partial charge in [0.2, 0.25) is 5.89 Å². The van der Waals surface area contributed by atoms with E-state index in [9.17, 15) is 4.79 Å². The maximum Gasteiger partial charge on any atom is 0.310 e. The van der Waals surface area contributed by atoms with Crippen LogP contribution in [0.3, 0.4) is 0 Å². The van der Waals surface area contributed by atoms with Crippen molar-refractivity contribution in [2.24, 2.45) is 0 Å². The molecule has 4 rings (SSSR count). The van der Waals surface area contributed by atoms with Crippen molar-refractivity contribution >= 4 is 5.97 Å². The fourth-order valence-electron chi connectivity index (χ4n) is 3.67. The fraction of sp³-hybridized carbons (Fsp3) is 0.222. The number of benzene rings is 3. The van der Waals surface area contributed by atoms with Crippen molar-refractivity contribution in [3.8, 4) is 5.75 Å². The first-order chi connectivity index (χ1) is 15.7. The van der Waals surface area contributed by atoms with Gasteiger partial charge in [-0.15, -0.1) is 0 Å². The molecule has 4 aromatic rings. The molecule has 0 amide bonds. The number of carbonyl (C=O) groups excluding carboxylic acids is 1. The minimum absolute atomic E-state index is 0.0939. The topological polar surface area (TPSA) is 65.2 Å². The van der Waals surface area contributed by atoms with Gasteiger partial charge in [0.25, 0.3) is 0 Å². The Hall–Kier alpha value is -3.73. The van der Waals surface area contributed by atoms with Gasteiger partial charge in [-0.25, -0.2) is 0 Å². The quantitative estimate of drug-likeness (QED) is 0.252. The lowest BCUT2D eigenvalue weighted by Gasteiger charge is -2.13. The largest absolute Gasteiger partial charge is 0.427 e. The molecule has 0 saturated carbocycles. The third-order valence-electron chi connectivity index (χ3n) is 5.28. The molecule has 0 unspecified atom stereocenters. The van der Waals surface area contributed by atoms with Gasteiger partial charge in [-0.05, 0) is 41.7 Å². The van der Waals surface area contributed by atoms with Crippen molar-refractivity contribution in [2.75, 3.05) is 0 Å². The Kier molecular flexibility index (Phi) is 7.08. The van der Waals surface area contributed by atoms with Crippen molar-refractivity contribution in [3.63, 3.8) is 0 Å². The number of rotatable bonds is 9. The van der Waals surface area contributed by atoms with Crippen LogP contribution in [0.25, 0.3) is 0 Å². The number of carbonyl (C=O) groups is 1. The lowest BCUT2D eigenvalue weighted by atomic mass is 9.91. The number of aryl methyl sites for hydroxylation is 2. The zero-order chi connectivity index (χ0) is 22.2. The molecule has 0 aliphatic heterocycles. The highest BCUT2D eigenvalue weighted by molar-refractivity contribution is 5.71. The van der Waals surface area contributed by atoms with E-state index in [1.165, 1.54) is 0 Å². The second-order valence-corrected chi connectivity index (χ2v) is 7.63. The van der Waals surface area contributed by atoms with E-state index in [0.717, 1.165) is 29.5 Å². The molecular formula is C27H26N2O3. The molecule has 162 valence electrons. The van der Waals surface area contributed by atoms with Gasteiger partial charge < -0.3 is 9.26 Å². The first-order valence-corrected chi connectivity index (χ1v) is 10.9. The van der Waals surface area contributed by atoms with Gasteiger partial charge in [0.15, 0.2) is 5.82 Å². The third kappa shape index (κ3) is 5.49. The molecule has 32 heavy (non-hydrogen) atoms. The van der Waals surface area contributed by atoms with E-state index in [1.54, 1.807) is 13.0 Å². The highest BCUT2D eigenvalue weighted by Crippen LogP contribution is 2.30. The Morgan fingerprint density at radius 3 is 2.25 bits per heavy atom. The molecule has 1 heterocycles. The zero-order valence-corrected chi connectivity index (χ0v) is 18.1. The van der Waals surface area contributed by atoms with Gasteiger partial charge in [0, 0.05) is 12.8 Å². The average Bonchev–Trinajstić information content (AvgIpc) is 3.29. The Morgan fingerprint density at radius 1 is 0.906 bits per heavy atom. The van der Waals surface area contributed by atoms with Crippen molar-refractivity contribution in [2.45, 2.75) is 38.5 Å². The number of esters is 1. The van der Waals surface area contributed by atoms with Crippen LogP contribution in [0, 0.1) is 0 Å². The molecule has 0 N–H and O–H groups in total. The summed E-state index contributed by atoms with van der Waals surface area (Å²) in [5.74, 6) is 1.57. The Bertz CT molecular complexity index is 1100. The lowest BCUT2D eigenvalue weighted by Crippen LogP contribution is -2.05. The van der Waals surface area contributed by atoms with Crippen LogP contribution in [-0.4, -0.2) is 16.1 Å². The summed E-state index contributed by atoms with van der Waals surface area (Å²) in [4.78, 5) is 16.2. The van der Waals surface area contributed by atoms with Crippen LogP contribution < -0.4 is 4.74 Å². The SMILES string of the molecule is CCC(=O)Oc1cccc(CCCc2noc(C(c3ccccc3)c3ccccc3)n2)c1. The van der Waals surface area contributed by atoms with Crippen molar-refractivity contribution < 1.29 is 14.1 Å². The maximum atomic E-state index is 11.5. The molecule has 0 fully saturated rings. The van der Waals surface area contributed by atoms with E-state index in [1.807, 2.05) is 54.6 Å².